The Labute approximate surface area is 114 Å². The molecule has 1 rings (SSSR count). The van der Waals surface area contributed by atoms with Crippen LogP contribution in [0, 0.1) is 5.82 Å². The first-order valence-electron chi connectivity index (χ1n) is 6.87. The van der Waals surface area contributed by atoms with E-state index >= 15 is 0 Å². The molecule has 0 amide bonds. The molecule has 0 saturated heterocycles. The van der Waals surface area contributed by atoms with Gasteiger partial charge in [0.25, 0.3) is 0 Å². The van der Waals surface area contributed by atoms with Gasteiger partial charge in [-0.3, -0.25) is 0 Å². The predicted octanol–water partition coefficient (Wildman–Crippen LogP) is 1.99. The van der Waals surface area contributed by atoms with Gasteiger partial charge in [-0.05, 0) is 29.6 Å². The minimum Gasteiger partial charge on any atom is -0.423 e. The molecule has 0 aliphatic heterocycles. The average molecular weight is 268 g/mol. The van der Waals surface area contributed by atoms with Crippen LogP contribution in [0.4, 0.5) is 4.39 Å². The van der Waals surface area contributed by atoms with Crippen LogP contribution >= 0.6 is 0 Å². The van der Waals surface area contributed by atoms with Gasteiger partial charge in [0.05, 0.1) is 6.61 Å². The van der Waals surface area contributed by atoms with Crippen molar-refractivity contribution in [2.75, 3.05) is 6.61 Å². The summed E-state index contributed by atoms with van der Waals surface area (Å²) >= 11 is 0. The second-order valence-corrected chi connectivity index (χ2v) is 4.68. The van der Waals surface area contributed by atoms with Crippen LogP contribution < -0.4 is 5.46 Å². The number of unbranched alkanes of at least 4 members (excludes halogenated alkanes) is 4. The monoisotopic (exact) mass is 268 g/mol. The first kappa shape index (κ1) is 16.2. The van der Waals surface area contributed by atoms with Crippen LogP contribution in [0.3, 0.4) is 0 Å². The molecule has 0 spiro atoms. The summed E-state index contributed by atoms with van der Waals surface area (Å²) in [6.45, 7) is 3.09. The molecule has 0 atom stereocenters. The molecule has 2 N–H and O–H groups in total. The molecule has 19 heavy (non-hydrogen) atoms. The number of halogens is 1. The summed E-state index contributed by atoms with van der Waals surface area (Å²) < 4.78 is 18.5. The van der Waals surface area contributed by atoms with Crippen molar-refractivity contribution in [2.45, 2.75) is 45.6 Å². The van der Waals surface area contributed by atoms with Crippen LogP contribution in [0.15, 0.2) is 18.2 Å². The van der Waals surface area contributed by atoms with Crippen LogP contribution in [0.1, 0.15) is 44.6 Å². The van der Waals surface area contributed by atoms with E-state index in [1.165, 1.54) is 31.4 Å². The molecule has 0 heterocycles. The fraction of sp³-hybridized carbons (Fsp3) is 0.571. The Morgan fingerprint density at radius 1 is 1.16 bits per heavy atom. The quantitative estimate of drug-likeness (QED) is 0.532. The highest BCUT2D eigenvalue weighted by Crippen LogP contribution is 2.06. The first-order valence-corrected chi connectivity index (χ1v) is 6.87. The largest absolute Gasteiger partial charge is 0.488 e. The minimum absolute atomic E-state index is 0.172. The van der Waals surface area contributed by atoms with E-state index < -0.39 is 12.9 Å². The lowest BCUT2D eigenvalue weighted by Gasteiger charge is -2.10. The van der Waals surface area contributed by atoms with Crippen molar-refractivity contribution >= 4 is 12.6 Å². The van der Waals surface area contributed by atoms with Gasteiger partial charge in [0.1, 0.15) is 5.82 Å². The van der Waals surface area contributed by atoms with Gasteiger partial charge < -0.3 is 14.8 Å². The molecule has 0 aliphatic rings. The molecule has 1 aromatic rings. The van der Waals surface area contributed by atoms with Gasteiger partial charge >= 0.3 is 7.12 Å². The van der Waals surface area contributed by atoms with Gasteiger partial charge in [0, 0.05) is 6.61 Å². The van der Waals surface area contributed by atoms with Crippen LogP contribution in [-0.2, 0) is 11.3 Å². The number of hydrogen-bond acceptors (Lipinski definition) is 3. The van der Waals surface area contributed by atoms with E-state index in [0.717, 1.165) is 18.9 Å². The third-order valence-corrected chi connectivity index (χ3v) is 3.04. The van der Waals surface area contributed by atoms with Crippen molar-refractivity contribution in [1.29, 1.82) is 0 Å². The number of ether oxygens (including phenoxy) is 1. The Morgan fingerprint density at radius 3 is 2.58 bits per heavy atom. The van der Waals surface area contributed by atoms with Gasteiger partial charge in [-0.15, -0.1) is 0 Å². The zero-order valence-corrected chi connectivity index (χ0v) is 11.4. The van der Waals surface area contributed by atoms with Gasteiger partial charge in [-0.25, -0.2) is 4.39 Å². The third-order valence-electron chi connectivity index (χ3n) is 3.04. The van der Waals surface area contributed by atoms with Crippen molar-refractivity contribution in [1.82, 2.24) is 0 Å². The van der Waals surface area contributed by atoms with Gasteiger partial charge in [-0.1, -0.05) is 38.7 Å². The van der Waals surface area contributed by atoms with Crippen molar-refractivity contribution in [3.8, 4) is 0 Å². The molecule has 0 aromatic heterocycles. The van der Waals surface area contributed by atoms with E-state index in [4.69, 9.17) is 14.8 Å². The summed E-state index contributed by atoms with van der Waals surface area (Å²) in [4.78, 5) is 0. The van der Waals surface area contributed by atoms with E-state index in [9.17, 15) is 4.39 Å². The number of benzene rings is 1. The fourth-order valence-corrected chi connectivity index (χ4v) is 1.93. The molecule has 0 saturated carbocycles. The molecular formula is C14H22BFO3. The summed E-state index contributed by atoms with van der Waals surface area (Å²) in [6.07, 6.45) is 5.83. The summed E-state index contributed by atoms with van der Waals surface area (Å²) in [6, 6.07) is 3.96. The molecular weight excluding hydrogens is 246 g/mol. The summed E-state index contributed by atoms with van der Waals surface area (Å²) in [5.41, 5.74) is 0.788. The van der Waals surface area contributed by atoms with Crippen LogP contribution in [0.5, 0.6) is 0 Å². The highest BCUT2D eigenvalue weighted by atomic mass is 19.1. The zero-order chi connectivity index (χ0) is 14.1. The SMILES string of the molecule is CCCCCCCOCc1ccc(F)cc1B(O)O. The van der Waals surface area contributed by atoms with E-state index in [1.54, 1.807) is 0 Å². The Kier molecular flexibility index (Phi) is 7.71. The molecule has 0 aliphatic carbocycles. The van der Waals surface area contributed by atoms with E-state index in [-0.39, 0.29) is 12.1 Å². The van der Waals surface area contributed by atoms with Crippen molar-refractivity contribution in [3.05, 3.63) is 29.6 Å². The Hall–Kier alpha value is -0.905. The van der Waals surface area contributed by atoms with Crippen molar-refractivity contribution in [3.63, 3.8) is 0 Å². The van der Waals surface area contributed by atoms with Gasteiger partial charge in [0.15, 0.2) is 0 Å². The van der Waals surface area contributed by atoms with Crippen LogP contribution in [0.2, 0.25) is 0 Å². The highest BCUT2D eigenvalue weighted by Gasteiger charge is 2.16. The topological polar surface area (TPSA) is 49.7 Å². The molecule has 0 unspecified atom stereocenters. The smallest absolute Gasteiger partial charge is 0.423 e. The number of hydrogen-bond donors (Lipinski definition) is 2. The average Bonchev–Trinajstić information content (AvgIpc) is 2.39. The first-order chi connectivity index (χ1) is 9.15. The minimum atomic E-state index is -1.67. The zero-order valence-electron chi connectivity index (χ0n) is 11.4. The second-order valence-electron chi connectivity index (χ2n) is 4.68. The molecule has 3 nitrogen and oxygen atoms in total. The van der Waals surface area contributed by atoms with E-state index in [2.05, 4.69) is 6.92 Å². The van der Waals surface area contributed by atoms with E-state index in [0.29, 0.717) is 12.2 Å². The summed E-state index contributed by atoms with van der Waals surface area (Å²) in [5, 5.41) is 18.3. The normalized spacial score (nSPS) is 10.7. The van der Waals surface area contributed by atoms with Crippen molar-refractivity contribution in [2.24, 2.45) is 0 Å². The second kappa shape index (κ2) is 9.07. The molecule has 0 fully saturated rings. The molecule has 1 aromatic carbocycles. The maximum atomic E-state index is 13.0. The Balaban J connectivity index is 2.33. The molecule has 5 heteroatoms. The van der Waals surface area contributed by atoms with Gasteiger partial charge in [0.2, 0.25) is 0 Å². The predicted molar refractivity (Wildman–Crippen MR) is 74.6 cm³/mol. The number of rotatable bonds is 9. The van der Waals surface area contributed by atoms with Crippen LogP contribution in [-0.4, -0.2) is 23.8 Å². The molecule has 106 valence electrons. The maximum Gasteiger partial charge on any atom is 0.488 e. The molecule has 0 radical (unpaired) electrons. The standard InChI is InChI=1S/C14H22BFO3/c1-2-3-4-5-6-9-19-11-12-7-8-13(16)10-14(12)15(17)18/h7-8,10,17-18H,2-6,9,11H2,1H3. The highest BCUT2D eigenvalue weighted by molar-refractivity contribution is 6.59. The Morgan fingerprint density at radius 2 is 1.89 bits per heavy atom. The summed E-state index contributed by atoms with van der Waals surface area (Å²) in [7, 11) is -1.67. The van der Waals surface area contributed by atoms with Gasteiger partial charge in [-0.2, -0.15) is 0 Å². The lowest BCUT2D eigenvalue weighted by atomic mass is 9.77. The lowest BCUT2D eigenvalue weighted by molar-refractivity contribution is 0.117. The third kappa shape index (κ3) is 6.19. The lowest BCUT2D eigenvalue weighted by Crippen LogP contribution is -2.33. The van der Waals surface area contributed by atoms with Crippen LogP contribution in [0.25, 0.3) is 0 Å². The van der Waals surface area contributed by atoms with E-state index in [1.807, 2.05) is 0 Å². The van der Waals surface area contributed by atoms with Crippen molar-refractivity contribution < 1.29 is 19.2 Å². The maximum absolute atomic E-state index is 13.0. The molecule has 0 bridgehead atoms. The Bertz CT molecular complexity index is 372. The summed E-state index contributed by atoms with van der Waals surface area (Å²) in [5.74, 6) is -0.480. The fourth-order valence-electron chi connectivity index (χ4n) is 1.93.